The standard InChI is InChI=1S/C24H22N2O4S3/c27-24(25-12-14-26(15-13-25)33(28,29)18-7-2-1-3-8-18)23-20(17-32-22-11-6-16-31-22)19-9-4-5-10-21(19)30-23/h1-11,16H,12-15,17H2. The first-order valence-corrected chi connectivity index (χ1v) is 13.9. The van der Waals surface area contributed by atoms with Gasteiger partial charge in [0.25, 0.3) is 5.91 Å². The molecule has 3 heterocycles. The van der Waals surface area contributed by atoms with Crippen molar-refractivity contribution in [2.45, 2.75) is 14.9 Å². The number of carbonyl (C=O) groups is 1. The van der Waals surface area contributed by atoms with Crippen LogP contribution in [0.3, 0.4) is 0 Å². The molecule has 170 valence electrons. The Hall–Kier alpha value is -2.59. The molecule has 4 aromatic rings. The van der Waals surface area contributed by atoms with Crippen LogP contribution in [0, 0.1) is 0 Å². The topological polar surface area (TPSA) is 70.8 Å². The maximum absolute atomic E-state index is 13.4. The fourth-order valence-electron chi connectivity index (χ4n) is 3.92. The minimum Gasteiger partial charge on any atom is -0.451 e. The number of hydrogen-bond donors (Lipinski definition) is 0. The second-order valence-corrected chi connectivity index (χ2v) is 11.8. The molecule has 1 aliphatic heterocycles. The van der Waals surface area contributed by atoms with Gasteiger partial charge in [0.1, 0.15) is 5.58 Å². The first kappa shape index (κ1) is 22.2. The molecule has 1 amide bonds. The number of nitrogens with zero attached hydrogens (tertiary/aromatic N) is 2. The molecule has 0 spiro atoms. The molecule has 1 fully saturated rings. The molecule has 0 aliphatic carbocycles. The lowest BCUT2D eigenvalue weighted by Crippen LogP contribution is -2.50. The van der Waals surface area contributed by atoms with E-state index in [0.717, 1.165) is 10.9 Å². The van der Waals surface area contributed by atoms with Crippen molar-refractivity contribution in [1.29, 1.82) is 0 Å². The molecule has 33 heavy (non-hydrogen) atoms. The van der Waals surface area contributed by atoms with Crippen molar-refractivity contribution in [2.75, 3.05) is 26.2 Å². The average Bonchev–Trinajstić information content (AvgIpc) is 3.51. The molecular formula is C24H22N2O4S3. The zero-order valence-corrected chi connectivity index (χ0v) is 20.2. The van der Waals surface area contributed by atoms with Gasteiger partial charge in [-0.25, -0.2) is 8.42 Å². The van der Waals surface area contributed by atoms with Crippen molar-refractivity contribution in [2.24, 2.45) is 0 Å². The number of thiophene rings is 1. The van der Waals surface area contributed by atoms with Crippen LogP contribution in [0.2, 0.25) is 0 Å². The van der Waals surface area contributed by atoms with Gasteiger partial charge in [-0.05, 0) is 29.6 Å². The third kappa shape index (κ3) is 4.46. The van der Waals surface area contributed by atoms with Crippen LogP contribution in [-0.2, 0) is 15.8 Å². The molecule has 1 aliphatic rings. The molecule has 0 unspecified atom stereocenters. The van der Waals surface area contributed by atoms with Crippen molar-refractivity contribution in [3.63, 3.8) is 0 Å². The Bertz CT molecular complexity index is 1360. The van der Waals surface area contributed by atoms with E-state index >= 15 is 0 Å². The second-order valence-electron chi connectivity index (χ2n) is 7.64. The number of piperazine rings is 1. The maximum atomic E-state index is 13.4. The predicted octanol–water partition coefficient (Wildman–Crippen LogP) is 4.93. The molecule has 2 aromatic carbocycles. The molecule has 2 aromatic heterocycles. The van der Waals surface area contributed by atoms with Gasteiger partial charge < -0.3 is 9.32 Å². The van der Waals surface area contributed by atoms with Gasteiger partial charge in [0.15, 0.2) is 5.76 Å². The summed E-state index contributed by atoms with van der Waals surface area (Å²) < 4.78 is 34.4. The predicted molar refractivity (Wildman–Crippen MR) is 131 cm³/mol. The quantitative estimate of drug-likeness (QED) is 0.353. The number of fused-ring (bicyclic) bond motifs is 1. The van der Waals surface area contributed by atoms with Gasteiger partial charge in [-0.15, -0.1) is 23.1 Å². The van der Waals surface area contributed by atoms with Crippen molar-refractivity contribution in [3.8, 4) is 0 Å². The van der Waals surface area contributed by atoms with E-state index in [1.807, 2.05) is 35.7 Å². The summed E-state index contributed by atoms with van der Waals surface area (Å²) in [6, 6.07) is 20.2. The van der Waals surface area contributed by atoms with Crippen molar-refractivity contribution < 1.29 is 17.6 Å². The third-order valence-corrected chi connectivity index (χ3v) is 9.72. The average molecular weight is 499 g/mol. The van der Waals surface area contributed by atoms with E-state index in [1.54, 1.807) is 58.3 Å². The maximum Gasteiger partial charge on any atom is 0.290 e. The lowest BCUT2D eigenvalue weighted by atomic mass is 10.1. The lowest BCUT2D eigenvalue weighted by molar-refractivity contribution is 0.0667. The Morgan fingerprint density at radius 2 is 1.67 bits per heavy atom. The van der Waals surface area contributed by atoms with Gasteiger partial charge in [-0.2, -0.15) is 4.31 Å². The summed E-state index contributed by atoms with van der Waals surface area (Å²) >= 11 is 3.35. The minimum absolute atomic E-state index is 0.190. The summed E-state index contributed by atoms with van der Waals surface area (Å²) in [6.45, 7) is 1.14. The van der Waals surface area contributed by atoms with Crippen molar-refractivity contribution in [3.05, 3.63) is 83.4 Å². The molecule has 1 saturated heterocycles. The number of amides is 1. The third-order valence-electron chi connectivity index (χ3n) is 5.65. The Morgan fingerprint density at radius 3 is 2.39 bits per heavy atom. The Labute approximate surface area is 200 Å². The normalized spacial score (nSPS) is 15.2. The largest absolute Gasteiger partial charge is 0.451 e. The van der Waals surface area contributed by atoms with Crippen LogP contribution < -0.4 is 0 Å². The highest BCUT2D eigenvalue weighted by Crippen LogP contribution is 2.34. The van der Waals surface area contributed by atoms with Gasteiger partial charge in [0.05, 0.1) is 9.10 Å². The summed E-state index contributed by atoms with van der Waals surface area (Å²) in [4.78, 5) is 15.4. The van der Waals surface area contributed by atoms with Crippen LogP contribution >= 0.6 is 23.1 Å². The van der Waals surface area contributed by atoms with Gasteiger partial charge >= 0.3 is 0 Å². The number of carbonyl (C=O) groups excluding carboxylic acids is 1. The number of thioether (sulfide) groups is 1. The van der Waals surface area contributed by atoms with E-state index < -0.39 is 10.0 Å². The number of hydrogen-bond acceptors (Lipinski definition) is 6. The van der Waals surface area contributed by atoms with E-state index in [-0.39, 0.29) is 23.9 Å². The van der Waals surface area contributed by atoms with Gasteiger partial charge in [0, 0.05) is 42.9 Å². The van der Waals surface area contributed by atoms with Crippen molar-refractivity contribution in [1.82, 2.24) is 9.21 Å². The molecule has 0 atom stereocenters. The molecule has 0 N–H and O–H groups in total. The van der Waals surface area contributed by atoms with Crippen LogP contribution in [0.15, 0.2) is 85.6 Å². The molecule has 9 heteroatoms. The smallest absolute Gasteiger partial charge is 0.290 e. The molecular weight excluding hydrogens is 476 g/mol. The number of sulfonamides is 1. The highest BCUT2D eigenvalue weighted by Gasteiger charge is 2.32. The van der Waals surface area contributed by atoms with Crippen LogP contribution in [0.1, 0.15) is 16.1 Å². The Morgan fingerprint density at radius 1 is 0.939 bits per heavy atom. The van der Waals surface area contributed by atoms with E-state index in [1.165, 1.54) is 8.51 Å². The highest BCUT2D eigenvalue weighted by molar-refractivity contribution is 8.00. The first-order chi connectivity index (χ1) is 16.0. The summed E-state index contributed by atoms with van der Waals surface area (Å²) in [5.74, 6) is 0.783. The first-order valence-electron chi connectivity index (χ1n) is 10.6. The number of para-hydroxylation sites is 1. The van der Waals surface area contributed by atoms with Gasteiger partial charge in [-0.1, -0.05) is 42.5 Å². The van der Waals surface area contributed by atoms with Gasteiger partial charge in [-0.3, -0.25) is 4.79 Å². The highest BCUT2D eigenvalue weighted by atomic mass is 32.2. The molecule has 0 saturated carbocycles. The van der Waals surface area contributed by atoms with Crippen LogP contribution in [0.25, 0.3) is 11.0 Å². The van der Waals surface area contributed by atoms with E-state index in [4.69, 9.17) is 4.42 Å². The Kier molecular flexibility index (Phi) is 6.29. The summed E-state index contributed by atoms with van der Waals surface area (Å²) in [7, 11) is -3.57. The fourth-order valence-corrected chi connectivity index (χ4v) is 7.18. The number of benzene rings is 2. The summed E-state index contributed by atoms with van der Waals surface area (Å²) in [5.41, 5.74) is 1.57. The van der Waals surface area contributed by atoms with E-state index in [2.05, 4.69) is 6.07 Å². The van der Waals surface area contributed by atoms with E-state index in [0.29, 0.717) is 30.2 Å². The summed E-state index contributed by atoms with van der Waals surface area (Å²) in [6.07, 6.45) is 0. The minimum atomic E-state index is -3.57. The molecule has 6 nitrogen and oxygen atoms in total. The van der Waals surface area contributed by atoms with Crippen LogP contribution in [0.5, 0.6) is 0 Å². The van der Waals surface area contributed by atoms with Crippen LogP contribution in [0.4, 0.5) is 0 Å². The number of furan rings is 1. The number of rotatable bonds is 6. The molecule has 5 rings (SSSR count). The zero-order chi connectivity index (χ0) is 22.8. The molecule has 0 radical (unpaired) electrons. The zero-order valence-electron chi connectivity index (χ0n) is 17.7. The van der Waals surface area contributed by atoms with Crippen molar-refractivity contribution >= 4 is 50.0 Å². The fraction of sp³-hybridized carbons (Fsp3) is 0.208. The summed E-state index contributed by atoms with van der Waals surface area (Å²) in [5, 5.41) is 2.97. The second kappa shape index (κ2) is 9.34. The van der Waals surface area contributed by atoms with Crippen LogP contribution in [-0.4, -0.2) is 49.7 Å². The Balaban J connectivity index is 1.35. The van der Waals surface area contributed by atoms with Gasteiger partial charge in [0.2, 0.25) is 10.0 Å². The lowest BCUT2D eigenvalue weighted by Gasteiger charge is -2.33. The van der Waals surface area contributed by atoms with E-state index in [9.17, 15) is 13.2 Å². The monoisotopic (exact) mass is 498 g/mol. The SMILES string of the molecule is O=C(c1oc2ccccc2c1CSc1cccs1)N1CCN(S(=O)(=O)c2ccccc2)CC1. The molecule has 0 bridgehead atoms.